The molecule has 4 heteroatoms. The van der Waals surface area contributed by atoms with Crippen LogP contribution in [0.2, 0.25) is 0 Å². The molecule has 0 bridgehead atoms. The smallest absolute Gasteiger partial charge is 0.220 e. The molecule has 4 nitrogen and oxygen atoms in total. The standard InChI is InChI=1S/C46H84N2O2/c1-3-5-7-9-11-13-15-17-19-21-23-25-27-29-31-33-39-45(49)47-41-43-37-35-36-38-44(43)42-48-46(50)40-34-32-30-28-26-24-22-20-18-16-14-12-10-8-6-4-2/h35-38H,3-34,39-42H2,1-2H3,(H,47,49)(H,48,50). The molecule has 0 atom stereocenters. The Balaban J connectivity index is 1.96. The molecule has 1 rings (SSSR count). The zero-order valence-corrected chi connectivity index (χ0v) is 33.6. The Morgan fingerprint density at radius 1 is 0.360 bits per heavy atom. The normalized spacial score (nSPS) is 11.2. The van der Waals surface area contributed by atoms with Gasteiger partial charge in [0, 0.05) is 25.9 Å². The second-order valence-electron chi connectivity index (χ2n) is 15.4. The highest BCUT2D eigenvalue weighted by atomic mass is 16.2. The zero-order chi connectivity index (χ0) is 36.0. The van der Waals surface area contributed by atoms with Crippen LogP contribution < -0.4 is 10.6 Å². The molecule has 1 aromatic carbocycles. The van der Waals surface area contributed by atoms with E-state index in [-0.39, 0.29) is 11.8 Å². The summed E-state index contributed by atoms with van der Waals surface area (Å²) in [5.41, 5.74) is 2.19. The summed E-state index contributed by atoms with van der Waals surface area (Å²) in [4.78, 5) is 25.0. The van der Waals surface area contributed by atoms with Crippen LogP contribution in [0, 0.1) is 0 Å². The van der Waals surface area contributed by atoms with E-state index < -0.39 is 0 Å². The summed E-state index contributed by atoms with van der Waals surface area (Å²) in [5, 5.41) is 6.23. The molecule has 0 fully saturated rings. The molecule has 0 aliphatic rings. The summed E-state index contributed by atoms with van der Waals surface area (Å²) in [6.07, 6.45) is 44.2. The van der Waals surface area contributed by atoms with Gasteiger partial charge in [-0.25, -0.2) is 0 Å². The Hall–Kier alpha value is -1.84. The molecule has 2 N–H and O–H groups in total. The molecule has 2 amide bonds. The number of carbonyl (C=O) groups excluding carboxylic acids is 2. The van der Waals surface area contributed by atoms with Gasteiger partial charge in [-0.15, -0.1) is 0 Å². The van der Waals surface area contributed by atoms with Crippen LogP contribution in [0.5, 0.6) is 0 Å². The van der Waals surface area contributed by atoms with Gasteiger partial charge in [0.1, 0.15) is 0 Å². The van der Waals surface area contributed by atoms with E-state index in [9.17, 15) is 9.59 Å². The highest BCUT2D eigenvalue weighted by Gasteiger charge is 2.07. The lowest BCUT2D eigenvalue weighted by Gasteiger charge is -2.12. The molecule has 0 saturated carbocycles. The number of carbonyl (C=O) groups is 2. The van der Waals surface area contributed by atoms with Crippen molar-refractivity contribution >= 4 is 11.8 Å². The number of unbranched alkanes of at least 4 members (excludes halogenated alkanes) is 30. The van der Waals surface area contributed by atoms with Crippen molar-refractivity contribution in [3.63, 3.8) is 0 Å². The number of hydrogen-bond donors (Lipinski definition) is 2. The number of hydrogen-bond acceptors (Lipinski definition) is 2. The van der Waals surface area contributed by atoms with Gasteiger partial charge in [0.25, 0.3) is 0 Å². The fraction of sp³-hybridized carbons (Fsp3) is 0.826. The van der Waals surface area contributed by atoms with Crippen LogP contribution in [0.3, 0.4) is 0 Å². The highest BCUT2D eigenvalue weighted by molar-refractivity contribution is 5.76. The van der Waals surface area contributed by atoms with Crippen LogP contribution in [0.1, 0.15) is 243 Å². The van der Waals surface area contributed by atoms with Gasteiger partial charge in [0.05, 0.1) is 0 Å². The summed E-state index contributed by atoms with van der Waals surface area (Å²) in [7, 11) is 0. The molecule has 0 heterocycles. The minimum absolute atomic E-state index is 0.137. The molecule has 290 valence electrons. The van der Waals surface area contributed by atoms with Crippen LogP contribution in [0.4, 0.5) is 0 Å². The maximum Gasteiger partial charge on any atom is 0.220 e. The number of nitrogens with one attached hydrogen (secondary N) is 2. The molecule has 0 aliphatic heterocycles. The van der Waals surface area contributed by atoms with Crippen LogP contribution in [0.25, 0.3) is 0 Å². The van der Waals surface area contributed by atoms with Crippen molar-refractivity contribution in [1.82, 2.24) is 10.6 Å². The molecule has 1 aromatic rings. The molecule has 0 aromatic heterocycles. The number of amides is 2. The Kier molecular flexibility index (Phi) is 34.1. The number of rotatable bonds is 38. The third kappa shape index (κ3) is 30.9. The quantitative estimate of drug-likeness (QED) is 0.0676. The highest BCUT2D eigenvalue weighted by Crippen LogP contribution is 2.16. The van der Waals surface area contributed by atoms with Gasteiger partial charge in [-0.3, -0.25) is 9.59 Å². The van der Waals surface area contributed by atoms with Gasteiger partial charge in [0.15, 0.2) is 0 Å². The first-order valence-electron chi connectivity index (χ1n) is 22.3. The Morgan fingerprint density at radius 3 is 0.820 bits per heavy atom. The van der Waals surface area contributed by atoms with Crippen molar-refractivity contribution in [2.75, 3.05) is 0 Å². The maximum atomic E-state index is 12.5. The van der Waals surface area contributed by atoms with Crippen LogP contribution in [0.15, 0.2) is 24.3 Å². The van der Waals surface area contributed by atoms with E-state index in [0.717, 1.165) is 36.8 Å². The second kappa shape index (κ2) is 36.9. The Labute approximate surface area is 311 Å². The first-order chi connectivity index (χ1) is 24.7. The summed E-state index contributed by atoms with van der Waals surface area (Å²) in [6.45, 7) is 5.63. The van der Waals surface area contributed by atoms with Gasteiger partial charge in [-0.1, -0.05) is 231 Å². The van der Waals surface area contributed by atoms with Gasteiger partial charge >= 0.3 is 0 Å². The third-order valence-electron chi connectivity index (χ3n) is 10.6. The minimum atomic E-state index is 0.137. The van der Waals surface area contributed by atoms with Crippen molar-refractivity contribution in [1.29, 1.82) is 0 Å². The topological polar surface area (TPSA) is 58.2 Å². The van der Waals surface area contributed by atoms with Crippen molar-refractivity contribution in [2.24, 2.45) is 0 Å². The summed E-state index contributed by atoms with van der Waals surface area (Å²) < 4.78 is 0. The lowest BCUT2D eigenvalue weighted by molar-refractivity contribution is -0.122. The van der Waals surface area contributed by atoms with Crippen LogP contribution >= 0.6 is 0 Å². The fourth-order valence-corrected chi connectivity index (χ4v) is 7.13. The summed E-state index contributed by atoms with van der Waals surface area (Å²) >= 11 is 0. The summed E-state index contributed by atoms with van der Waals surface area (Å²) in [5.74, 6) is 0.274. The van der Waals surface area contributed by atoms with Gasteiger partial charge in [0.2, 0.25) is 11.8 Å². The van der Waals surface area contributed by atoms with Crippen molar-refractivity contribution < 1.29 is 9.59 Å². The molecule has 0 aliphatic carbocycles. The SMILES string of the molecule is CCCCCCCCCCCCCCCCCCC(=O)NCc1ccccc1CNC(=O)CCCCCCCCCCCCCCCCCC. The second-order valence-corrected chi connectivity index (χ2v) is 15.4. The lowest BCUT2D eigenvalue weighted by atomic mass is 10.0. The first kappa shape index (κ1) is 46.2. The van der Waals surface area contributed by atoms with Gasteiger partial charge in [-0.05, 0) is 24.0 Å². The van der Waals surface area contributed by atoms with E-state index >= 15 is 0 Å². The Bertz CT molecular complexity index is 814. The molecule has 0 radical (unpaired) electrons. The number of benzene rings is 1. The monoisotopic (exact) mass is 697 g/mol. The third-order valence-corrected chi connectivity index (χ3v) is 10.6. The fourth-order valence-electron chi connectivity index (χ4n) is 7.13. The molecular weight excluding hydrogens is 613 g/mol. The van der Waals surface area contributed by atoms with Crippen LogP contribution in [-0.2, 0) is 22.7 Å². The van der Waals surface area contributed by atoms with Crippen molar-refractivity contribution in [2.45, 2.75) is 245 Å². The predicted molar refractivity (Wildman–Crippen MR) is 218 cm³/mol. The average Bonchev–Trinajstić information content (AvgIpc) is 3.13. The maximum absolute atomic E-state index is 12.5. The summed E-state index contributed by atoms with van der Waals surface area (Å²) in [6, 6.07) is 8.15. The first-order valence-corrected chi connectivity index (χ1v) is 22.3. The Morgan fingerprint density at radius 2 is 0.580 bits per heavy atom. The largest absolute Gasteiger partial charge is 0.352 e. The minimum Gasteiger partial charge on any atom is -0.352 e. The van der Waals surface area contributed by atoms with Gasteiger partial charge in [-0.2, -0.15) is 0 Å². The molecule has 0 saturated heterocycles. The lowest BCUT2D eigenvalue weighted by Crippen LogP contribution is -2.25. The van der Waals surface area contributed by atoms with Crippen molar-refractivity contribution in [3.05, 3.63) is 35.4 Å². The van der Waals surface area contributed by atoms with E-state index in [2.05, 4.69) is 36.6 Å². The van der Waals surface area contributed by atoms with Gasteiger partial charge < -0.3 is 10.6 Å². The zero-order valence-electron chi connectivity index (χ0n) is 33.6. The molecule has 50 heavy (non-hydrogen) atoms. The van der Waals surface area contributed by atoms with E-state index in [1.165, 1.54) is 180 Å². The van der Waals surface area contributed by atoms with E-state index in [0.29, 0.717) is 25.9 Å². The van der Waals surface area contributed by atoms with Crippen LogP contribution in [-0.4, -0.2) is 11.8 Å². The molecule has 0 spiro atoms. The molecular formula is C46H84N2O2. The molecule has 0 unspecified atom stereocenters. The van der Waals surface area contributed by atoms with E-state index in [1.54, 1.807) is 0 Å². The van der Waals surface area contributed by atoms with Crippen molar-refractivity contribution in [3.8, 4) is 0 Å². The van der Waals surface area contributed by atoms with E-state index in [1.807, 2.05) is 12.1 Å². The average molecular weight is 697 g/mol. The predicted octanol–water partition coefficient (Wildman–Crippen LogP) is 14.2. The van der Waals surface area contributed by atoms with E-state index in [4.69, 9.17) is 0 Å².